The minimum absolute atomic E-state index is 0. The fourth-order valence-electron chi connectivity index (χ4n) is 8.55. The van der Waals surface area contributed by atoms with E-state index in [2.05, 4.69) is 0 Å². The van der Waals surface area contributed by atoms with Crippen molar-refractivity contribution in [3.63, 3.8) is 0 Å². The molecule has 0 amide bonds. The van der Waals surface area contributed by atoms with Crippen LogP contribution in [-0.4, -0.2) is 58.6 Å². The quantitative estimate of drug-likeness (QED) is 0.0631. The van der Waals surface area contributed by atoms with E-state index in [1.54, 1.807) is 84.9 Å². The first-order valence-electron chi connectivity index (χ1n) is 23.8. The molecule has 0 radical (unpaired) electrons. The lowest BCUT2D eigenvalue weighted by atomic mass is 9.73. The monoisotopic (exact) mass is 1100 g/mol. The first-order valence-corrected chi connectivity index (χ1v) is 24.6. The molecule has 0 bridgehead atoms. The highest BCUT2D eigenvalue weighted by Crippen LogP contribution is 2.42. The molecule has 2 aliphatic heterocycles. The van der Waals surface area contributed by atoms with Crippen molar-refractivity contribution in [1.29, 1.82) is 0 Å². The lowest BCUT2D eigenvalue weighted by molar-refractivity contribution is -0.253. The van der Waals surface area contributed by atoms with Crippen molar-refractivity contribution in [3.05, 3.63) is 118 Å². The molecule has 18 heteroatoms. The zero-order valence-electron chi connectivity index (χ0n) is 43.7. The van der Waals surface area contributed by atoms with E-state index in [0.29, 0.717) is 45.1 Å². The number of rotatable bonds is 15. The van der Waals surface area contributed by atoms with Crippen molar-refractivity contribution >= 4 is 86.0 Å². The molecule has 2 fully saturated rings. The van der Waals surface area contributed by atoms with Crippen LogP contribution in [0.3, 0.4) is 0 Å². The maximum Gasteiger partial charge on any atom is 0.326 e. The van der Waals surface area contributed by atoms with Crippen LogP contribution in [-0.2, 0) is 70.0 Å². The zero-order chi connectivity index (χ0) is 53.6. The van der Waals surface area contributed by atoms with Gasteiger partial charge in [0.2, 0.25) is 0 Å². The van der Waals surface area contributed by atoms with Gasteiger partial charge in [0, 0.05) is 61.7 Å². The van der Waals surface area contributed by atoms with Crippen molar-refractivity contribution < 1.29 is 66.0 Å². The fraction of sp³-hybridized carbons (Fsp3) is 0.464. The molecule has 0 unspecified atom stereocenters. The first kappa shape index (κ1) is 63.1. The Morgan fingerprint density at radius 1 is 0.595 bits per heavy atom. The Morgan fingerprint density at radius 3 is 1.34 bits per heavy atom. The van der Waals surface area contributed by atoms with Gasteiger partial charge in [0.15, 0.2) is 11.3 Å². The molecular formula is C56H68Cl2F2O12S2. The number of benzene rings is 4. The van der Waals surface area contributed by atoms with Crippen LogP contribution >= 0.6 is 50.2 Å². The highest BCUT2D eigenvalue weighted by Gasteiger charge is 2.56. The van der Waals surface area contributed by atoms with E-state index in [1.165, 1.54) is 52.0 Å². The van der Waals surface area contributed by atoms with Gasteiger partial charge in [-0.15, -0.1) is 0 Å². The molecule has 404 valence electrons. The third kappa shape index (κ3) is 18.0. The topological polar surface area (TPSA) is 158 Å². The molecule has 0 spiro atoms. The van der Waals surface area contributed by atoms with Crippen LogP contribution in [0.5, 0.6) is 0 Å². The van der Waals surface area contributed by atoms with E-state index in [4.69, 9.17) is 51.6 Å². The summed E-state index contributed by atoms with van der Waals surface area (Å²) in [7, 11) is 0. The molecule has 6 rings (SSSR count). The average molecular weight is 1110 g/mol. The predicted molar refractivity (Wildman–Crippen MR) is 288 cm³/mol. The Bertz CT molecular complexity index is 2600. The van der Waals surface area contributed by atoms with Gasteiger partial charge in [-0.25, -0.2) is 8.78 Å². The zero-order valence-corrected chi connectivity index (χ0v) is 47.2. The Hall–Kier alpha value is -5.16. The molecule has 12 nitrogen and oxygen atoms in total. The normalized spacial score (nSPS) is 16.7. The van der Waals surface area contributed by atoms with Crippen LogP contribution in [0, 0.1) is 34.8 Å². The second kappa shape index (κ2) is 25.6. The molecule has 2 atom stereocenters. The summed E-state index contributed by atoms with van der Waals surface area (Å²) < 4.78 is 60.9. The van der Waals surface area contributed by atoms with E-state index in [9.17, 15) is 37.5 Å². The predicted octanol–water partition coefficient (Wildman–Crippen LogP) is 12.8. The molecule has 2 aliphatic rings. The minimum Gasteiger partial charge on any atom is -0.460 e. The Morgan fingerprint density at radius 2 is 0.959 bits per heavy atom. The van der Waals surface area contributed by atoms with Crippen LogP contribution in [0.2, 0.25) is 10.0 Å². The summed E-state index contributed by atoms with van der Waals surface area (Å²) in [5.74, 6) is -8.92. The summed E-state index contributed by atoms with van der Waals surface area (Å²) in [6, 6.07) is 23.1. The van der Waals surface area contributed by atoms with Gasteiger partial charge in [-0.2, -0.15) is 27.0 Å². The summed E-state index contributed by atoms with van der Waals surface area (Å²) >= 11 is 12.0. The maximum atomic E-state index is 14.3. The van der Waals surface area contributed by atoms with Gasteiger partial charge in [0.25, 0.3) is 11.6 Å². The third-order valence-electron chi connectivity index (χ3n) is 11.7. The van der Waals surface area contributed by atoms with Gasteiger partial charge in [-0.1, -0.05) is 78.7 Å². The third-order valence-corrected chi connectivity index (χ3v) is 12.2. The van der Waals surface area contributed by atoms with E-state index >= 15 is 0 Å². The second-order valence-corrected chi connectivity index (χ2v) is 22.1. The van der Waals surface area contributed by atoms with Crippen molar-refractivity contribution in [3.8, 4) is 22.3 Å². The van der Waals surface area contributed by atoms with Gasteiger partial charge >= 0.3 is 35.8 Å². The molecule has 0 saturated carbocycles. The van der Waals surface area contributed by atoms with Gasteiger partial charge in [0.1, 0.15) is 22.8 Å². The van der Waals surface area contributed by atoms with Gasteiger partial charge in [0.05, 0.1) is 0 Å². The first-order chi connectivity index (χ1) is 33.4. The summed E-state index contributed by atoms with van der Waals surface area (Å²) in [4.78, 5) is 76.4. The molecule has 0 N–H and O–H groups in total. The summed E-state index contributed by atoms with van der Waals surface area (Å²) in [6.45, 7) is 18.3. The van der Waals surface area contributed by atoms with Crippen molar-refractivity contribution in [2.24, 2.45) is 23.2 Å². The van der Waals surface area contributed by atoms with Gasteiger partial charge < -0.3 is 28.4 Å². The van der Waals surface area contributed by atoms with Crippen molar-refractivity contribution in [1.82, 2.24) is 0 Å². The van der Waals surface area contributed by atoms with E-state index in [-0.39, 0.29) is 70.7 Å². The largest absolute Gasteiger partial charge is 0.460 e. The summed E-state index contributed by atoms with van der Waals surface area (Å²) in [6.07, 6.45) is 1.05. The van der Waals surface area contributed by atoms with Gasteiger partial charge in [-0.3, -0.25) is 28.8 Å². The smallest absolute Gasteiger partial charge is 0.326 e. The lowest BCUT2D eigenvalue weighted by Crippen LogP contribution is -2.54. The number of cyclic esters (lactones) is 4. The van der Waals surface area contributed by atoms with E-state index < -0.39 is 81.8 Å². The van der Waals surface area contributed by atoms with Crippen molar-refractivity contribution in [2.75, 3.05) is 0 Å². The number of carbonyl (C=O) groups is 6. The number of ether oxygens (including phenoxy) is 6. The molecule has 2 heterocycles. The number of carbonyl (C=O) groups excluding carboxylic acids is 6. The SMILES string of the molecule is CC(C)(C)OC(=O)C[C@H](Cc1ccc(-c2cc(Cl)ccc2F)cc1)CC1C(=O)OC(C)(C)OC1=O.CCC1(C[C@@H](CC(=O)OC(C)(C)C)Cc2ccc(-c3cc(Cl)ccc3F)cc2)C(=O)OC(C)(C)OC1=O.S.S. The molecule has 0 aliphatic carbocycles. The lowest BCUT2D eigenvalue weighted by Gasteiger charge is -2.41. The van der Waals surface area contributed by atoms with Gasteiger partial charge in [-0.05, 0) is 144 Å². The highest BCUT2D eigenvalue weighted by molar-refractivity contribution is 7.59. The molecule has 0 aromatic heterocycles. The molecule has 74 heavy (non-hydrogen) atoms. The Labute approximate surface area is 456 Å². The highest BCUT2D eigenvalue weighted by atomic mass is 35.5. The van der Waals surface area contributed by atoms with Crippen LogP contribution in [0.1, 0.15) is 119 Å². The average Bonchev–Trinajstić information content (AvgIpc) is 3.24. The number of esters is 6. The molecule has 4 aromatic rings. The number of hydrogen-bond acceptors (Lipinski definition) is 12. The van der Waals surface area contributed by atoms with Crippen LogP contribution in [0.15, 0.2) is 84.9 Å². The standard InChI is InChI=1S/C29H34ClFO6.C27H30ClFO6.2H2S/c1-7-29(25(33)36-28(5,6)37-26(29)34)17-19(15-24(32)35-27(2,3)4)14-18-8-10-20(11-9-18)22-16-21(30)12-13-23(22)31;1-26(2,3)33-23(30)14-17(13-21-24(31)34-27(4,5)35-25(21)32)12-16-6-8-18(9-7-16)20-15-19(28)10-11-22(20)29;;/h8-13,16,19H,7,14-15,17H2,1-6H3;6-11,15,17,21H,12-14H2,1-5H3;2*1H2/t19-;17-;;/m11../s1. The maximum absolute atomic E-state index is 14.3. The van der Waals surface area contributed by atoms with Crippen LogP contribution < -0.4 is 0 Å². The van der Waals surface area contributed by atoms with Crippen LogP contribution in [0.4, 0.5) is 8.78 Å². The second-order valence-electron chi connectivity index (χ2n) is 21.2. The Kier molecular flexibility index (Phi) is 21.8. The van der Waals surface area contributed by atoms with E-state index in [0.717, 1.165) is 11.1 Å². The van der Waals surface area contributed by atoms with E-state index in [1.807, 2.05) is 24.3 Å². The Balaban J connectivity index is 0.000000381. The molecule has 2 saturated heterocycles. The molecular weight excluding hydrogens is 1040 g/mol. The minimum atomic E-state index is -1.52. The fourth-order valence-corrected chi connectivity index (χ4v) is 8.89. The van der Waals surface area contributed by atoms with Crippen LogP contribution in [0.25, 0.3) is 22.3 Å². The summed E-state index contributed by atoms with van der Waals surface area (Å²) in [5.41, 5.74) is 0.891. The molecule has 4 aromatic carbocycles. The number of hydrogen-bond donors (Lipinski definition) is 0. The number of halogens is 4. The summed E-state index contributed by atoms with van der Waals surface area (Å²) in [5, 5.41) is 0.856. The van der Waals surface area contributed by atoms with Crippen molar-refractivity contribution in [2.45, 2.75) is 144 Å².